The maximum atomic E-state index is 12.7. The number of halogens is 3. The van der Waals surface area contributed by atoms with Crippen molar-refractivity contribution in [2.75, 3.05) is 5.32 Å². The third kappa shape index (κ3) is 5.35. The van der Waals surface area contributed by atoms with Gasteiger partial charge in [0.05, 0.1) is 11.6 Å². The lowest BCUT2D eigenvalue weighted by atomic mass is 9.94. The number of hydrogen-bond acceptors (Lipinski definition) is 1. The lowest BCUT2D eigenvalue weighted by Gasteiger charge is -2.24. The normalized spacial score (nSPS) is 12.3. The second kappa shape index (κ2) is 8.66. The molecule has 0 aliphatic heterocycles. The second-order valence-corrected chi connectivity index (χ2v) is 7.29. The number of nitrogens with one attached hydrogen (secondary N) is 2. The molecule has 0 saturated heterocycles. The van der Waals surface area contributed by atoms with E-state index in [1.54, 1.807) is 0 Å². The summed E-state index contributed by atoms with van der Waals surface area (Å²) in [7, 11) is 0. The molecule has 29 heavy (non-hydrogen) atoms. The summed E-state index contributed by atoms with van der Waals surface area (Å²) in [5, 5.41) is 6.61. The van der Waals surface area contributed by atoms with Crippen LogP contribution in [0.2, 0.25) is 0 Å². The fraction of sp³-hybridized carbons (Fsp3) is 0.174. The number of hydrogen-bond donors (Lipinski definition) is 2. The van der Waals surface area contributed by atoms with Crippen molar-refractivity contribution in [2.24, 2.45) is 0 Å². The molecule has 3 rings (SSSR count). The summed E-state index contributed by atoms with van der Waals surface area (Å²) in [6.07, 6.45) is -4.36. The van der Waals surface area contributed by atoms with Crippen molar-refractivity contribution in [1.29, 1.82) is 0 Å². The topological polar surface area (TPSA) is 24.1 Å². The maximum Gasteiger partial charge on any atom is 0.416 e. The van der Waals surface area contributed by atoms with Crippen molar-refractivity contribution < 1.29 is 13.2 Å². The van der Waals surface area contributed by atoms with Gasteiger partial charge in [-0.05, 0) is 67.0 Å². The molecule has 0 bridgehead atoms. The third-order valence-electron chi connectivity index (χ3n) is 4.61. The quantitative estimate of drug-likeness (QED) is 0.483. The molecule has 1 atom stereocenters. The summed E-state index contributed by atoms with van der Waals surface area (Å²) in [5.74, 6) is 0. The average molecular weight is 414 g/mol. The number of benzene rings is 3. The standard InChI is InChI=1S/C23H21F3N2S/c1-15-8-13-20(16(2)14-15)21(17-6-4-3-5-7-17)28-22(29)27-19-11-9-18(10-12-19)23(24,25)26/h3-14,21H,1-2H3,(H2,27,28,29). The number of rotatable bonds is 4. The molecular formula is C23H21F3N2S. The number of alkyl halides is 3. The summed E-state index contributed by atoms with van der Waals surface area (Å²) < 4.78 is 38.2. The molecule has 0 fully saturated rings. The highest BCUT2D eigenvalue weighted by molar-refractivity contribution is 7.80. The van der Waals surface area contributed by atoms with Crippen LogP contribution < -0.4 is 10.6 Å². The highest BCUT2D eigenvalue weighted by atomic mass is 32.1. The van der Waals surface area contributed by atoms with Crippen LogP contribution in [0.15, 0.2) is 72.8 Å². The van der Waals surface area contributed by atoms with Gasteiger partial charge < -0.3 is 10.6 Å². The van der Waals surface area contributed by atoms with E-state index >= 15 is 0 Å². The van der Waals surface area contributed by atoms with E-state index in [1.807, 2.05) is 50.2 Å². The van der Waals surface area contributed by atoms with E-state index in [-0.39, 0.29) is 6.04 Å². The molecule has 0 aromatic heterocycles. The van der Waals surface area contributed by atoms with E-state index in [1.165, 1.54) is 17.7 Å². The van der Waals surface area contributed by atoms with E-state index in [0.717, 1.165) is 28.8 Å². The van der Waals surface area contributed by atoms with E-state index in [9.17, 15) is 13.2 Å². The van der Waals surface area contributed by atoms with Crippen molar-refractivity contribution in [1.82, 2.24) is 5.32 Å². The Morgan fingerprint density at radius 3 is 2.14 bits per heavy atom. The summed E-state index contributed by atoms with van der Waals surface area (Å²) >= 11 is 5.44. The van der Waals surface area contributed by atoms with Gasteiger partial charge in [0, 0.05) is 5.69 Å². The fourth-order valence-electron chi connectivity index (χ4n) is 3.18. The van der Waals surface area contributed by atoms with Crippen LogP contribution in [0.5, 0.6) is 0 Å². The fourth-order valence-corrected chi connectivity index (χ4v) is 3.41. The highest BCUT2D eigenvalue weighted by Gasteiger charge is 2.30. The van der Waals surface area contributed by atoms with Crippen molar-refractivity contribution in [3.8, 4) is 0 Å². The Hall–Kier alpha value is -2.86. The zero-order valence-corrected chi connectivity index (χ0v) is 16.9. The molecule has 6 heteroatoms. The molecule has 0 saturated carbocycles. The monoisotopic (exact) mass is 414 g/mol. The van der Waals surface area contributed by atoms with Gasteiger partial charge in [0.25, 0.3) is 0 Å². The van der Waals surface area contributed by atoms with Gasteiger partial charge in [0.2, 0.25) is 0 Å². The van der Waals surface area contributed by atoms with Gasteiger partial charge in [0.15, 0.2) is 5.11 Å². The molecule has 0 heterocycles. The Kier molecular flexibility index (Phi) is 6.23. The van der Waals surface area contributed by atoms with Gasteiger partial charge in [-0.2, -0.15) is 13.2 Å². The molecule has 2 N–H and O–H groups in total. The highest BCUT2D eigenvalue weighted by Crippen LogP contribution is 2.30. The number of anilines is 1. The van der Waals surface area contributed by atoms with Gasteiger partial charge >= 0.3 is 6.18 Å². The number of aryl methyl sites for hydroxylation is 2. The molecule has 0 amide bonds. The van der Waals surface area contributed by atoms with Crippen LogP contribution in [0.25, 0.3) is 0 Å². The van der Waals surface area contributed by atoms with Gasteiger partial charge in [0.1, 0.15) is 0 Å². The first-order valence-electron chi connectivity index (χ1n) is 9.11. The van der Waals surface area contributed by atoms with E-state index < -0.39 is 11.7 Å². The molecule has 0 aliphatic carbocycles. The van der Waals surface area contributed by atoms with Crippen LogP contribution in [-0.4, -0.2) is 5.11 Å². The van der Waals surface area contributed by atoms with Gasteiger partial charge in [-0.15, -0.1) is 0 Å². The largest absolute Gasteiger partial charge is 0.416 e. The van der Waals surface area contributed by atoms with Crippen LogP contribution in [0, 0.1) is 13.8 Å². The Morgan fingerprint density at radius 2 is 1.55 bits per heavy atom. The molecule has 3 aromatic carbocycles. The molecule has 3 aromatic rings. The van der Waals surface area contributed by atoms with Crippen LogP contribution in [0.1, 0.15) is 33.9 Å². The van der Waals surface area contributed by atoms with Gasteiger partial charge in [-0.3, -0.25) is 0 Å². The molecular weight excluding hydrogens is 393 g/mol. The minimum atomic E-state index is -4.36. The first kappa shape index (κ1) is 20.9. The van der Waals surface area contributed by atoms with Crippen molar-refractivity contribution in [2.45, 2.75) is 26.1 Å². The zero-order valence-electron chi connectivity index (χ0n) is 16.0. The Morgan fingerprint density at radius 1 is 0.897 bits per heavy atom. The van der Waals surface area contributed by atoms with E-state index in [4.69, 9.17) is 12.2 Å². The van der Waals surface area contributed by atoms with Crippen LogP contribution in [0.3, 0.4) is 0 Å². The molecule has 1 unspecified atom stereocenters. The lowest BCUT2D eigenvalue weighted by molar-refractivity contribution is -0.137. The SMILES string of the molecule is Cc1ccc(C(NC(=S)Nc2ccc(C(F)(F)F)cc2)c2ccccc2)c(C)c1. The summed E-state index contributed by atoms with van der Waals surface area (Å²) in [6, 6.07) is 20.7. The Labute approximate surface area is 173 Å². The third-order valence-corrected chi connectivity index (χ3v) is 4.83. The minimum Gasteiger partial charge on any atom is -0.352 e. The molecule has 2 nitrogen and oxygen atoms in total. The number of thiocarbonyl (C=S) groups is 1. The minimum absolute atomic E-state index is 0.189. The summed E-state index contributed by atoms with van der Waals surface area (Å²) in [5.41, 5.74) is 4.21. The molecule has 0 aliphatic rings. The predicted molar refractivity (Wildman–Crippen MR) is 115 cm³/mol. The van der Waals surface area contributed by atoms with Crippen molar-refractivity contribution in [3.05, 3.63) is 101 Å². The Bertz CT molecular complexity index is 983. The molecule has 0 radical (unpaired) electrons. The maximum absolute atomic E-state index is 12.7. The van der Waals surface area contributed by atoms with E-state index in [2.05, 4.69) is 22.8 Å². The Balaban J connectivity index is 1.81. The van der Waals surface area contributed by atoms with Crippen LogP contribution in [-0.2, 0) is 6.18 Å². The van der Waals surface area contributed by atoms with Gasteiger partial charge in [-0.25, -0.2) is 0 Å². The summed E-state index contributed by atoms with van der Waals surface area (Å²) in [4.78, 5) is 0. The molecule has 150 valence electrons. The van der Waals surface area contributed by atoms with Crippen molar-refractivity contribution >= 4 is 23.0 Å². The smallest absolute Gasteiger partial charge is 0.352 e. The molecule has 0 spiro atoms. The lowest BCUT2D eigenvalue weighted by Crippen LogP contribution is -2.33. The predicted octanol–water partition coefficient (Wildman–Crippen LogP) is 6.40. The second-order valence-electron chi connectivity index (χ2n) is 6.88. The van der Waals surface area contributed by atoms with Crippen LogP contribution in [0.4, 0.5) is 18.9 Å². The first-order chi connectivity index (χ1) is 13.7. The zero-order chi connectivity index (χ0) is 21.0. The first-order valence-corrected chi connectivity index (χ1v) is 9.52. The van der Waals surface area contributed by atoms with Crippen molar-refractivity contribution in [3.63, 3.8) is 0 Å². The van der Waals surface area contributed by atoms with E-state index in [0.29, 0.717) is 10.8 Å². The van der Waals surface area contributed by atoms with Crippen LogP contribution >= 0.6 is 12.2 Å². The van der Waals surface area contributed by atoms with Gasteiger partial charge in [-0.1, -0.05) is 54.1 Å². The summed E-state index contributed by atoms with van der Waals surface area (Å²) in [6.45, 7) is 4.09. The average Bonchev–Trinajstić information content (AvgIpc) is 2.67.